The summed E-state index contributed by atoms with van der Waals surface area (Å²) in [6.07, 6.45) is 0. The molecule has 6 heteroatoms. The second-order valence-corrected chi connectivity index (χ2v) is 7.58. The van der Waals surface area contributed by atoms with Gasteiger partial charge in [-0.1, -0.05) is 39.0 Å². The molecule has 1 fully saturated rings. The van der Waals surface area contributed by atoms with Crippen LogP contribution in [-0.2, 0) is 20.4 Å². The molecule has 112 valence electrons. The number of benzene rings is 1. The summed E-state index contributed by atoms with van der Waals surface area (Å²) in [5.41, 5.74) is 1.51. The van der Waals surface area contributed by atoms with E-state index in [-0.39, 0.29) is 5.41 Å². The molecule has 1 aliphatic heterocycles. The fourth-order valence-electron chi connectivity index (χ4n) is 2.22. The van der Waals surface area contributed by atoms with Gasteiger partial charge in [-0.3, -0.25) is 4.72 Å². The Morgan fingerprint density at radius 2 is 1.75 bits per heavy atom. The Morgan fingerprint density at radius 1 is 1.15 bits per heavy atom. The van der Waals surface area contributed by atoms with Gasteiger partial charge in [-0.05, 0) is 17.0 Å². The molecule has 0 radical (unpaired) electrons. The summed E-state index contributed by atoms with van der Waals surface area (Å²) in [7, 11) is -3.52. The fourth-order valence-corrected chi connectivity index (χ4v) is 3.43. The number of rotatable bonds is 3. The molecule has 1 aromatic rings. The Hall–Kier alpha value is -1.11. The van der Waals surface area contributed by atoms with Crippen molar-refractivity contribution in [3.05, 3.63) is 29.8 Å². The van der Waals surface area contributed by atoms with Crippen molar-refractivity contribution in [3.63, 3.8) is 0 Å². The number of hydrogen-bond donors (Lipinski definition) is 1. The van der Waals surface area contributed by atoms with Crippen LogP contribution in [-0.4, -0.2) is 39.0 Å². The first kappa shape index (κ1) is 15.3. The number of nitrogens with zero attached hydrogens (tertiary/aromatic N) is 1. The van der Waals surface area contributed by atoms with E-state index < -0.39 is 10.2 Å². The van der Waals surface area contributed by atoms with Crippen molar-refractivity contribution >= 4 is 15.9 Å². The molecular weight excluding hydrogens is 276 g/mol. The van der Waals surface area contributed by atoms with Gasteiger partial charge in [0, 0.05) is 13.1 Å². The van der Waals surface area contributed by atoms with Crippen molar-refractivity contribution in [2.45, 2.75) is 26.2 Å². The second-order valence-electron chi connectivity index (χ2n) is 5.91. The third-order valence-corrected chi connectivity index (χ3v) is 4.81. The van der Waals surface area contributed by atoms with Gasteiger partial charge >= 0.3 is 10.2 Å². The molecule has 0 saturated carbocycles. The summed E-state index contributed by atoms with van der Waals surface area (Å²) in [5, 5.41) is 0. The summed E-state index contributed by atoms with van der Waals surface area (Å²) in [4.78, 5) is 0. The van der Waals surface area contributed by atoms with Crippen LogP contribution in [0.3, 0.4) is 0 Å². The number of ether oxygens (including phenoxy) is 1. The van der Waals surface area contributed by atoms with Gasteiger partial charge in [-0.2, -0.15) is 12.7 Å². The fraction of sp³-hybridized carbons (Fsp3) is 0.571. The summed E-state index contributed by atoms with van der Waals surface area (Å²) in [6.45, 7) is 7.88. The van der Waals surface area contributed by atoms with Crippen molar-refractivity contribution in [1.29, 1.82) is 0 Å². The van der Waals surface area contributed by atoms with Crippen LogP contribution in [0, 0.1) is 0 Å². The van der Waals surface area contributed by atoms with Crippen LogP contribution in [0.1, 0.15) is 26.3 Å². The lowest BCUT2D eigenvalue weighted by molar-refractivity contribution is 0.0733. The van der Waals surface area contributed by atoms with Crippen LogP contribution in [0.4, 0.5) is 5.69 Å². The van der Waals surface area contributed by atoms with E-state index in [4.69, 9.17) is 4.74 Å². The first-order chi connectivity index (χ1) is 9.31. The number of hydrogen-bond acceptors (Lipinski definition) is 3. The van der Waals surface area contributed by atoms with Crippen molar-refractivity contribution < 1.29 is 13.2 Å². The Morgan fingerprint density at radius 3 is 2.35 bits per heavy atom. The van der Waals surface area contributed by atoms with Gasteiger partial charge in [0.1, 0.15) is 0 Å². The standard InChI is InChI=1S/C14H22N2O3S/c1-14(2,3)12-6-4-5-7-13(12)15-20(17,18)16-8-10-19-11-9-16/h4-7,15H,8-11H2,1-3H3. The molecule has 5 nitrogen and oxygen atoms in total. The van der Waals surface area contributed by atoms with Gasteiger partial charge in [-0.25, -0.2) is 0 Å². The average Bonchev–Trinajstić information content (AvgIpc) is 2.39. The predicted octanol–water partition coefficient (Wildman–Crippen LogP) is 1.97. The molecule has 0 atom stereocenters. The van der Waals surface area contributed by atoms with Gasteiger partial charge < -0.3 is 4.74 Å². The van der Waals surface area contributed by atoms with E-state index in [2.05, 4.69) is 25.5 Å². The van der Waals surface area contributed by atoms with Gasteiger partial charge in [0.15, 0.2) is 0 Å². The Bertz CT molecular complexity index is 558. The van der Waals surface area contributed by atoms with Gasteiger partial charge in [0.05, 0.1) is 18.9 Å². The number of morpholine rings is 1. The minimum absolute atomic E-state index is 0.121. The highest BCUT2D eigenvalue weighted by molar-refractivity contribution is 7.90. The first-order valence-corrected chi connectivity index (χ1v) is 8.20. The van der Waals surface area contributed by atoms with E-state index >= 15 is 0 Å². The minimum Gasteiger partial charge on any atom is -0.379 e. The van der Waals surface area contributed by atoms with Gasteiger partial charge in [0.2, 0.25) is 0 Å². The largest absolute Gasteiger partial charge is 0.379 e. The molecule has 2 rings (SSSR count). The smallest absolute Gasteiger partial charge is 0.301 e. The molecule has 20 heavy (non-hydrogen) atoms. The van der Waals surface area contributed by atoms with Crippen LogP contribution in [0.2, 0.25) is 0 Å². The third kappa shape index (κ3) is 3.50. The van der Waals surface area contributed by atoms with Crippen LogP contribution in [0.5, 0.6) is 0 Å². The highest BCUT2D eigenvalue weighted by Crippen LogP contribution is 2.30. The van der Waals surface area contributed by atoms with E-state index in [9.17, 15) is 8.42 Å². The van der Waals surface area contributed by atoms with Crippen molar-refractivity contribution in [2.24, 2.45) is 0 Å². The lowest BCUT2D eigenvalue weighted by atomic mass is 9.86. The minimum atomic E-state index is -3.52. The van der Waals surface area contributed by atoms with E-state index in [0.29, 0.717) is 32.0 Å². The molecule has 0 bridgehead atoms. The number of anilines is 1. The topological polar surface area (TPSA) is 58.6 Å². The van der Waals surface area contributed by atoms with E-state index in [0.717, 1.165) is 5.56 Å². The molecule has 0 spiro atoms. The maximum Gasteiger partial charge on any atom is 0.301 e. The van der Waals surface area contributed by atoms with Crippen molar-refractivity contribution in [1.82, 2.24) is 4.31 Å². The van der Waals surface area contributed by atoms with E-state index in [1.165, 1.54) is 4.31 Å². The molecule has 0 amide bonds. The molecule has 1 saturated heterocycles. The van der Waals surface area contributed by atoms with Gasteiger partial charge in [0.25, 0.3) is 0 Å². The molecular formula is C14H22N2O3S. The summed E-state index contributed by atoms with van der Waals surface area (Å²) in [5.74, 6) is 0. The molecule has 1 heterocycles. The van der Waals surface area contributed by atoms with E-state index in [1.54, 1.807) is 6.07 Å². The first-order valence-electron chi connectivity index (χ1n) is 6.76. The van der Waals surface area contributed by atoms with Crippen LogP contribution >= 0.6 is 0 Å². The van der Waals surface area contributed by atoms with Crippen molar-refractivity contribution in [3.8, 4) is 0 Å². The van der Waals surface area contributed by atoms with E-state index in [1.807, 2.05) is 18.2 Å². The molecule has 0 aromatic heterocycles. The average molecular weight is 298 g/mol. The highest BCUT2D eigenvalue weighted by atomic mass is 32.2. The maximum atomic E-state index is 12.4. The number of para-hydroxylation sites is 1. The quantitative estimate of drug-likeness (QED) is 0.928. The number of nitrogens with one attached hydrogen (secondary N) is 1. The van der Waals surface area contributed by atoms with Gasteiger partial charge in [-0.15, -0.1) is 0 Å². The third-order valence-electron chi connectivity index (χ3n) is 3.28. The van der Waals surface area contributed by atoms with Crippen LogP contribution in [0.25, 0.3) is 0 Å². The zero-order chi connectivity index (χ0) is 14.8. The zero-order valence-corrected chi connectivity index (χ0v) is 13.0. The molecule has 1 aliphatic rings. The van der Waals surface area contributed by atoms with Crippen LogP contribution in [0.15, 0.2) is 24.3 Å². The van der Waals surface area contributed by atoms with Crippen molar-refractivity contribution in [2.75, 3.05) is 31.0 Å². The SMILES string of the molecule is CC(C)(C)c1ccccc1NS(=O)(=O)N1CCOCC1. The molecule has 1 aromatic carbocycles. The van der Waals surface area contributed by atoms with Crippen LogP contribution < -0.4 is 4.72 Å². The lowest BCUT2D eigenvalue weighted by Gasteiger charge is -2.28. The Kier molecular flexibility index (Phi) is 4.36. The lowest BCUT2D eigenvalue weighted by Crippen LogP contribution is -2.43. The molecule has 1 N–H and O–H groups in total. The Labute approximate surface area is 121 Å². The highest BCUT2D eigenvalue weighted by Gasteiger charge is 2.26. The monoisotopic (exact) mass is 298 g/mol. The maximum absolute atomic E-state index is 12.4. The predicted molar refractivity (Wildman–Crippen MR) is 80.1 cm³/mol. The molecule has 0 unspecified atom stereocenters. The summed E-state index contributed by atoms with van der Waals surface area (Å²) < 4.78 is 34.1. The Balaban J connectivity index is 2.25. The zero-order valence-electron chi connectivity index (χ0n) is 12.2. The summed E-state index contributed by atoms with van der Waals surface area (Å²) >= 11 is 0. The normalized spacial score (nSPS) is 17.9. The summed E-state index contributed by atoms with van der Waals surface area (Å²) in [6, 6.07) is 7.52. The second kappa shape index (κ2) is 5.71. The molecule has 0 aliphatic carbocycles.